The Kier molecular flexibility index (Phi) is 3.53. The van der Waals surface area contributed by atoms with Crippen molar-refractivity contribution < 1.29 is 4.42 Å². The number of piperidine rings is 1. The lowest BCUT2D eigenvalue weighted by Gasteiger charge is -2.38. The van der Waals surface area contributed by atoms with Crippen LogP contribution in [0.25, 0.3) is 11.0 Å². The van der Waals surface area contributed by atoms with Gasteiger partial charge < -0.3 is 9.32 Å². The van der Waals surface area contributed by atoms with Crippen LogP contribution in [0, 0.1) is 11.8 Å². The van der Waals surface area contributed by atoms with E-state index in [0.29, 0.717) is 0 Å². The first-order chi connectivity index (χ1) is 10.4. The molecule has 0 aromatic carbocycles. The van der Waals surface area contributed by atoms with Gasteiger partial charge in [-0.25, -0.2) is 0 Å². The zero-order valence-electron chi connectivity index (χ0n) is 12.5. The number of aromatic nitrogens is 2. The van der Waals surface area contributed by atoms with Gasteiger partial charge in [0.1, 0.15) is 0 Å². The molecule has 2 aromatic rings. The van der Waals surface area contributed by atoms with E-state index in [1.54, 1.807) is 12.5 Å². The summed E-state index contributed by atoms with van der Waals surface area (Å²) in [6, 6.07) is 1.97. The Morgan fingerprint density at radius 3 is 2.81 bits per heavy atom. The van der Waals surface area contributed by atoms with Crippen molar-refractivity contribution in [2.75, 3.05) is 18.0 Å². The normalized spacial score (nSPS) is 24.6. The molecule has 1 saturated heterocycles. The highest BCUT2D eigenvalue weighted by Crippen LogP contribution is 2.36. The molecule has 2 aromatic heterocycles. The minimum atomic E-state index is 0.825. The Hall–Kier alpha value is -1.58. The third kappa shape index (κ3) is 2.52. The molecule has 0 spiro atoms. The summed E-state index contributed by atoms with van der Waals surface area (Å²) in [6.45, 7) is 2.21. The molecular formula is C17H23N3O. The molecule has 3 heterocycles. The molecule has 1 saturated carbocycles. The molecular weight excluding hydrogens is 262 g/mol. The molecule has 2 aliphatic rings. The van der Waals surface area contributed by atoms with Crippen LogP contribution in [-0.2, 0) is 0 Å². The predicted molar refractivity (Wildman–Crippen MR) is 83.3 cm³/mol. The lowest BCUT2D eigenvalue weighted by atomic mass is 9.76. The van der Waals surface area contributed by atoms with Crippen molar-refractivity contribution in [3.8, 4) is 0 Å². The van der Waals surface area contributed by atoms with Crippen LogP contribution >= 0.6 is 0 Å². The second-order valence-electron chi connectivity index (χ2n) is 6.62. The van der Waals surface area contributed by atoms with E-state index in [4.69, 9.17) is 4.42 Å². The average Bonchev–Trinajstić information content (AvgIpc) is 3.04. The molecule has 1 unspecified atom stereocenters. The quantitative estimate of drug-likeness (QED) is 0.835. The fourth-order valence-electron chi connectivity index (χ4n) is 4.19. The molecule has 1 aliphatic heterocycles. The zero-order chi connectivity index (χ0) is 14.1. The lowest BCUT2D eigenvalue weighted by Crippen LogP contribution is -2.39. The van der Waals surface area contributed by atoms with Crippen molar-refractivity contribution in [1.82, 2.24) is 10.2 Å². The van der Waals surface area contributed by atoms with Crippen LogP contribution in [-0.4, -0.2) is 23.3 Å². The van der Waals surface area contributed by atoms with Gasteiger partial charge in [-0.1, -0.05) is 32.1 Å². The van der Waals surface area contributed by atoms with Crippen molar-refractivity contribution in [1.29, 1.82) is 0 Å². The summed E-state index contributed by atoms with van der Waals surface area (Å²) in [6.07, 6.45) is 13.3. The lowest BCUT2D eigenvalue weighted by molar-refractivity contribution is 0.220. The Labute approximate surface area is 125 Å². The van der Waals surface area contributed by atoms with E-state index < -0.39 is 0 Å². The molecule has 21 heavy (non-hydrogen) atoms. The summed E-state index contributed by atoms with van der Waals surface area (Å²) >= 11 is 0. The monoisotopic (exact) mass is 285 g/mol. The summed E-state index contributed by atoms with van der Waals surface area (Å²) in [7, 11) is 0. The van der Waals surface area contributed by atoms with Crippen LogP contribution in [0.15, 0.2) is 22.9 Å². The van der Waals surface area contributed by atoms with E-state index in [0.717, 1.165) is 41.7 Å². The second-order valence-corrected chi connectivity index (χ2v) is 6.62. The number of fused-ring (bicyclic) bond motifs is 1. The number of hydrogen-bond donors (Lipinski definition) is 0. The van der Waals surface area contributed by atoms with Crippen LogP contribution in [0.2, 0.25) is 0 Å². The Morgan fingerprint density at radius 1 is 1.05 bits per heavy atom. The minimum Gasteiger partial charge on any atom is -0.460 e. The van der Waals surface area contributed by atoms with E-state index in [1.807, 2.05) is 6.07 Å². The number of furan rings is 1. The largest absolute Gasteiger partial charge is 0.460 e. The van der Waals surface area contributed by atoms with Gasteiger partial charge in [-0.05, 0) is 30.7 Å². The van der Waals surface area contributed by atoms with Crippen molar-refractivity contribution in [3.63, 3.8) is 0 Å². The number of anilines is 1. The molecule has 4 rings (SSSR count). The van der Waals surface area contributed by atoms with Gasteiger partial charge in [0, 0.05) is 18.5 Å². The van der Waals surface area contributed by atoms with Gasteiger partial charge in [-0.3, -0.25) is 0 Å². The molecule has 1 aliphatic carbocycles. The summed E-state index contributed by atoms with van der Waals surface area (Å²) in [5.41, 5.74) is 0.897. The number of nitrogens with zero attached hydrogens (tertiary/aromatic N) is 3. The van der Waals surface area contributed by atoms with Crippen LogP contribution in [0.3, 0.4) is 0 Å². The van der Waals surface area contributed by atoms with E-state index in [9.17, 15) is 0 Å². The van der Waals surface area contributed by atoms with Gasteiger partial charge in [0.05, 0.1) is 12.5 Å². The fourth-order valence-corrected chi connectivity index (χ4v) is 4.19. The highest BCUT2D eigenvalue weighted by atomic mass is 16.3. The molecule has 2 fully saturated rings. The van der Waals surface area contributed by atoms with E-state index >= 15 is 0 Å². The van der Waals surface area contributed by atoms with Crippen LogP contribution in [0.5, 0.6) is 0 Å². The third-order valence-corrected chi connectivity index (χ3v) is 5.32. The Bertz CT molecular complexity index is 603. The van der Waals surface area contributed by atoms with Crippen molar-refractivity contribution >= 4 is 16.8 Å². The molecule has 112 valence electrons. The Morgan fingerprint density at radius 2 is 1.90 bits per heavy atom. The van der Waals surface area contributed by atoms with Crippen molar-refractivity contribution in [2.24, 2.45) is 11.8 Å². The van der Waals surface area contributed by atoms with Gasteiger partial charge >= 0.3 is 0 Å². The summed E-state index contributed by atoms with van der Waals surface area (Å²) in [5.74, 6) is 2.69. The maximum Gasteiger partial charge on any atom is 0.195 e. The van der Waals surface area contributed by atoms with E-state index in [2.05, 4.69) is 15.1 Å². The van der Waals surface area contributed by atoms with Gasteiger partial charge in [-0.15, -0.1) is 5.10 Å². The molecule has 0 amide bonds. The van der Waals surface area contributed by atoms with Crippen LogP contribution in [0.4, 0.5) is 5.82 Å². The average molecular weight is 285 g/mol. The SMILES string of the molecule is c1cc2cnnc(N3CCCC(C4CCCCC4)C3)c2o1. The first kappa shape index (κ1) is 13.1. The van der Waals surface area contributed by atoms with Gasteiger partial charge in [-0.2, -0.15) is 5.10 Å². The first-order valence-electron chi connectivity index (χ1n) is 8.35. The molecule has 0 bridgehead atoms. The molecule has 0 N–H and O–H groups in total. The zero-order valence-corrected chi connectivity index (χ0v) is 12.5. The second kappa shape index (κ2) is 5.66. The Balaban J connectivity index is 1.56. The number of hydrogen-bond acceptors (Lipinski definition) is 4. The van der Waals surface area contributed by atoms with Crippen molar-refractivity contribution in [3.05, 3.63) is 18.5 Å². The topological polar surface area (TPSA) is 42.2 Å². The van der Waals surface area contributed by atoms with Gasteiger partial charge in [0.25, 0.3) is 0 Å². The minimum absolute atomic E-state index is 0.825. The van der Waals surface area contributed by atoms with Crippen molar-refractivity contribution in [2.45, 2.75) is 44.9 Å². The summed E-state index contributed by atoms with van der Waals surface area (Å²) in [4.78, 5) is 2.40. The molecule has 1 atom stereocenters. The maximum absolute atomic E-state index is 5.64. The molecule has 4 heteroatoms. The molecule has 4 nitrogen and oxygen atoms in total. The highest BCUT2D eigenvalue weighted by molar-refractivity contribution is 5.86. The maximum atomic E-state index is 5.64. The van der Waals surface area contributed by atoms with Crippen LogP contribution in [0.1, 0.15) is 44.9 Å². The molecule has 0 radical (unpaired) electrons. The standard InChI is InChI=1S/C17H23N3O/c1-2-5-13(6-3-1)15-7-4-9-20(12-15)17-16-14(8-10-21-16)11-18-19-17/h8,10-11,13,15H,1-7,9,12H2. The third-order valence-electron chi connectivity index (χ3n) is 5.32. The van der Waals surface area contributed by atoms with Crippen LogP contribution < -0.4 is 4.90 Å². The van der Waals surface area contributed by atoms with Gasteiger partial charge in [0.15, 0.2) is 11.4 Å². The first-order valence-corrected chi connectivity index (χ1v) is 8.35. The number of rotatable bonds is 2. The fraction of sp³-hybridized carbons (Fsp3) is 0.647. The smallest absolute Gasteiger partial charge is 0.195 e. The van der Waals surface area contributed by atoms with E-state index in [-0.39, 0.29) is 0 Å². The van der Waals surface area contributed by atoms with Gasteiger partial charge in [0.2, 0.25) is 0 Å². The summed E-state index contributed by atoms with van der Waals surface area (Å²) < 4.78 is 5.64. The highest BCUT2D eigenvalue weighted by Gasteiger charge is 2.29. The predicted octanol–water partition coefficient (Wildman–Crippen LogP) is 4.02. The van der Waals surface area contributed by atoms with E-state index in [1.165, 1.54) is 44.9 Å². The summed E-state index contributed by atoms with van der Waals surface area (Å²) in [5, 5.41) is 9.57.